The van der Waals surface area contributed by atoms with E-state index in [0.29, 0.717) is 11.3 Å². The molecular weight excluding hydrogens is 280 g/mol. The second-order valence-electron chi connectivity index (χ2n) is 3.63. The van der Waals surface area contributed by atoms with Crippen molar-refractivity contribution in [3.63, 3.8) is 0 Å². The van der Waals surface area contributed by atoms with Gasteiger partial charge >= 0.3 is 0 Å². The number of carbonyl (C=O) groups is 1. The normalized spacial score (nSPS) is 10.0. The Labute approximate surface area is 108 Å². The summed E-state index contributed by atoms with van der Waals surface area (Å²) in [4.78, 5) is 16.0. The molecule has 0 aliphatic carbocycles. The summed E-state index contributed by atoms with van der Waals surface area (Å²) in [6.45, 7) is 1.95. The van der Waals surface area contributed by atoms with Gasteiger partial charge in [-0.2, -0.15) is 0 Å². The molecule has 1 amide bonds. The first kappa shape index (κ1) is 11.8. The Hall–Kier alpha value is -1.68. The number of anilines is 1. The number of benzene rings is 1. The molecule has 0 saturated carbocycles. The average Bonchev–Trinajstić information content (AvgIpc) is 2.34. The monoisotopic (exact) mass is 290 g/mol. The third-order valence-corrected chi connectivity index (χ3v) is 3.41. The van der Waals surface area contributed by atoms with Crippen molar-refractivity contribution in [2.75, 3.05) is 5.32 Å². The molecule has 0 radical (unpaired) electrons. The summed E-state index contributed by atoms with van der Waals surface area (Å²) in [5.74, 6) is -0.145. The van der Waals surface area contributed by atoms with E-state index in [9.17, 15) is 4.79 Å². The van der Waals surface area contributed by atoms with Gasteiger partial charge in [-0.3, -0.25) is 9.78 Å². The minimum Gasteiger partial charge on any atom is -0.321 e. The molecule has 1 N–H and O–H groups in total. The van der Waals surface area contributed by atoms with Crippen molar-refractivity contribution >= 4 is 27.5 Å². The largest absolute Gasteiger partial charge is 0.321 e. The minimum absolute atomic E-state index is 0.145. The lowest BCUT2D eigenvalue weighted by Gasteiger charge is -2.07. The van der Waals surface area contributed by atoms with Gasteiger partial charge in [-0.1, -0.05) is 12.1 Å². The molecule has 1 heterocycles. The lowest BCUT2D eigenvalue weighted by molar-refractivity contribution is 0.102. The molecule has 3 nitrogen and oxygen atoms in total. The van der Waals surface area contributed by atoms with Crippen molar-refractivity contribution in [3.05, 3.63) is 58.3 Å². The van der Waals surface area contributed by atoms with Crippen molar-refractivity contribution in [2.24, 2.45) is 0 Å². The van der Waals surface area contributed by atoms with Crippen LogP contribution in [-0.4, -0.2) is 10.9 Å². The van der Waals surface area contributed by atoms with Crippen LogP contribution in [0.3, 0.4) is 0 Å². The molecule has 1 aromatic heterocycles. The van der Waals surface area contributed by atoms with Gasteiger partial charge in [0.15, 0.2) is 0 Å². The molecule has 0 spiro atoms. The molecule has 0 fully saturated rings. The van der Waals surface area contributed by atoms with E-state index in [2.05, 4.69) is 26.2 Å². The maximum atomic E-state index is 12.0. The van der Waals surface area contributed by atoms with Crippen LogP contribution in [0.1, 0.15) is 15.9 Å². The molecule has 2 aromatic rings. The van der Waals surface area contributed by atoms with Gasteiger partial charge in [0.1, 0.15) is 0 Å². The fraction of sp³-hybridized carbons (Fsp3) is 0.0769. The van der Waals surface area contributed by atoms with Crippen LogP contribution in [0.25, 0.3) is 0 Å². The SMILES string of the molecule is Cc1cccc(C(=O)Nc2cccnc2)c1Br. The lowest BCUT2D eigenvalue weighted by Crippen LogP contribution is -2.12. The zero-order valence-electron chi connectivity index (χ0n) is 9.27. The van der Waals surface area contributed by atoms with Crippen molar-refractivity contribution in [1.82, 2.24) is 4.98 Å². The molecule has 2 rings (SSSR count). The topological polar surface area (TPSA) is 42.0 Å². The summed E-state index contributed by atoms with van der Waals surface area (Å²) in [5, 5.41) is 2.79. The van der Waals surface area contributed by atoms with Crippen LogP contribution in [-0.2, 0) is 0 Å². The van der Waals surface area contributed by atoms with Gasteiger partial charge in [0.05, 0.1) is 17.4 Å². The average molecular weight is 291 g/mol. The van der Waals surface area contributed by atoms with Crippen molar-refractivity contribution in [2.45, 2.75) is 6.92 Å². The number of nitrogens with one attached hydrogen (secondary N) is 1. The third kappa shape index (κ3) is 2.71. The van der Waals surface area contributed by atoms with Crippen LogP contribution in [0.2, 0.25) is 0 Å². The lowest BCUT2D eigenvalue weighted by atomic mass is 10.1. The highest BCUT2D eigenvalue weighted by Crippen LogP contribution is 2.21. The Morgan fingerprint density at radius 1 is 1.29 bits per heavy atom. The van der Waals surface area contributed by atoms with Gasteiger partial charge in [0.25, 0.3) is 5.91 Å². The van der Waals surface area contributed by atoms with Crippen molar-refractivity contribution in [1.29, 1.82) is 0 Å². The molecule has 0 atom stereocenters. The number of pyridine rings is 1. The minimum atomic E-state index is -0.145. The van der Waals surface area contributed by atoms with Crippen molar-refractivity contribution in [3.8, 4) is 0 Å². The highest BCUT2D eigenvalue weighted by molar-refractivity contribution is 9.10. The van der Waals surface area contributed by atoms with Gasteiger partial charge < -0.3 is 5.32 Å². The van der Waals surface area contributed by atoms with Crippen LogP contribution < -0.4 is 5.32 Å². The van der Waals surface area contributed by atoms with E-state index in [0.717, 1.165) is 10.0 Å². The number of aryl methyl sites for hydroxylation is 1. The number of aromatic nitrogens is 1. The summed E-state index contributed by atoms with van der Waals surface area (Å²) < 4.78 is 0.821. The fourth-order valence-electron chi connectivity index (χ4n) is 1.46. The predicted molar refractivity (Wildman–Crippen MR) is 71.1 cm³/mol. The van der Waals surface area contributed by atoms with Crippen LogP contribution >= 0.6 is 15.9 Å². The Balaban J connectivity index is 2.24. The molecule has 4 heteroatoms. The quantitative estimate of drug-likeness (QED) is 0.921. The Morgan fingerprint density at radius 3 is 2.82 bits per heavy atom. The second-order valence-corrected chi connectivity index (χ2v) is 4.43. The van der Waals surface area contributed by atoms with Crippen molar-refractivity contribution < 1.29 is 4.79 Å². The van der Waals surface area contributed by atoms with E-state index < -0.39 is 0 Å². The summed E-state index contributed by atoms with van der Waals surface area (Å²) in [7, 11) is 0. The fourth-order valence-corrected chi connectivity index (χ4v) is 1.90. The highest BCUT2D eigenvalue weighted by Gasteiger charge is 2.11. The van der Waals surface area contributed by atoms with E-state index in [1.165, 1.54) is 0 Å². The van der Waals surface area contributed by atoms with E-state index in [1.54, 1.807) is 30.6 Å². The molecular formula is C13H11BrN2O. The Bertz CT molecular complexity index is 540. The van der Waals surface area contributed by atoms with E-state index in [-0.39, 0.29) is 5.91 Å². The van der Waals surface area contributed by atoms with Crippen LogP contribution in [0.15, 0.2) is 47.2 Å². The van der Waals surface area contributed by atoms with E-state index in [4.69, 9.17) is 0 Å². The molecule has 0 aliphatic rings. The van der Waals surface area contributed by atoms with E-state index in [1.807, 2.05) is 19.1 Å². The molecule has 0 saturated heterocycles. The zero-order valence-corrected chi connectivity index (χ0v) is 10.9. The number of nitrogens with zero attached hydrogens (tertiary/aromatic N) is 1. The zero-order chi connectivity index (χ0) is 12.3. The van der Waals surface area contributed by atoms with Gasteiger partial charge in [0.2, 0.25) is 0 Å². The first-order chi connectivity index (χ1) is 8.18. The maximum absolute atomic E-state index is 12.0. The predicted octanol–water partition coefficient (Wildman–Crippen LogP) is 3.40. The molecule has 0 aliphatic heterocycles. The first-order valence-electron chi connectivity index (χ1n) is 5.15. The van der Waals surface area contributed by atoms with Gasteiger partial charge in [0, 0.05) is 10.7 Å². The molecule has 0 unspecified atom stereocenters. The summed E-state index contributed by atoms with van der Waals surface area (Å²) >= 11 is 3.42. The highest BCUT2D eigenvalue weighted by atomic mass is 79.9. The van der Waals surface area contributed by atoms with Crippen LogP contribution in [0.4, 0.5) is 5.69 Å². The van der Waals surface area contributed by atoms with Gasteiger partial charge in [-0.25, -0.2) is 0 Å². The van der Waals surface area contributed by atoms with Gasteiger partial charge in [-0.15, -0.1) is 0 Å². The Kier molecular flexibility index (Phi) is 3.54. The molecule has 1 aromatic carbocycles. The summed E-state index contributed by atoms with van der Waals surface area (Å²) in [6, 6.07) is 9.17. The second kappa shape index (κ2) is 5.10. The number of hydrogen-bond donors (Lipinski definition) is 1. The maximum Gasteiger partial charge on any atom is 0.256 e. The van der Waals surface area contributed by atoms with Gasteiger partial charge in [-0.05, 0) is 46.6 Å². The van der Waals surface area contributed by atoms with Crippen LogP contribution in [0.5, 0.6) is 0 Å². The van der Waals surface area contributed by atoms with Crippen LogP contribution in [0, 0.1) is 6.92 Å². The van der Waals surface area contributed by atoms with E-state index >= 15 is 0 Å². The Morgan fingerprint density at radius 2 is 2.12 bits per heavy atom. The molecule has 86 valence electrons. The molecule has 17 heavy (non-hydrogen) atoms. The number of halogens is 1. The standard InChI is InChI=1S/C13H11BrN2O/c1-9-4-2-6-11(12(9)14)13(17)16-10-5-3-7-15-8-10/h2-8H,1H3,(H,16,17). The number of rotatable bonds is 2. The first-order valence-corrected chi connectivity index (χ1v) is 5.94. The summed E-state index contributed by atoms with van der Waals surface area (Å²) in [5.41, 5.74) is 2.34. The number of hydrogen-bond acceptors (Lipinski definition) is 2. The number of amides is 1. The smallest absolute Gasteiger partial charge is 0.256 e. The number of carbonyl (C=O) groups excluding carboxylic acids is 1. The third-order valence-electron chi connectivity index (χ3n) is 2.36. The summed E-state index contributed by atoms with van der Waals surface area (Å²) in [6.07, 6.45) is 3.28. The molecule has 0 bridgehead atoms.